The summed E-state index contributed by atoms with van der Waals surface area (Å²) in [5, 5.41) is 10.8. The lowest BCUT2D eigenvalue weighted by molar-refractivity contribution is 0.709. The Bertz CT molecular complexity index is 1490. The molecule has 0 unspecified atom stereocenters. The van der Waals surface area contributed by atoms with Gasteiger partial charge in [0.15, 0.2) is 0 Å². The molecule has 5 nitrogen and oxygen atoms in total. The van der Waals surface area contributed by atoms with Crippen LogP contribution in [-0.2, 0) is 13.1 Å². The highest BCUT2D eigenvalue weighted by atomic mass is 15.5. The van der Waals surface area contributed by atoms with E-state index in [0.717, 1.165) is 41.3 Å². The molecule has 0 radical (unpaired) electrons. The lowest BCUT2D eigenvalue weighted by Crippen LogP contribution is -2.18. The van der Waals surface area contributed by atoms with E-state index in [1.807, 2.05) is 12.1 Å². The molecule has 4 aromatic carbocycles. The lowest BCUT2D eigenvalue weighted by Gasteiger charge is -2.24. The fourth-order valence-electron chi connectivity index (χ4n) is 4.97. The van der Waals surface area contributed by atoms with Gasteiger partial charge in [0, 0.05) is 19.5 Å². The maximum absolute atomic E-state index is 5.08. The van der Waals surface area contributed by atoms with E-state index in [9.17, 15) is 0 Å². The molecule has 0 spiro atoms. The number of benzene rings is 4. The zero-order valence-electron chi connectivity index (χ0n) is 20.4. The molecule has 0 bridgehead atoms. The molecule has 2 heterocycles. The zero-order chi connectivity index (χ0) is 24.3. The van der Waals surface area contributed by atoms with Crippen molar-refractivity contribution >= 4 is 28.4 Å². The van der Waals surface area contributed by atoms with Gasteiger partial charge in [0.25, 0.3) is 0 Å². The van der Waals surface area contributed by atoms with Crippen molar-refractivity contribution < 1.29 is 0 Å². The number of hydrazone groups is 1. The molecule has 1 aliphatic rings. The average Bonchev–Trinajstić information content (AvgIpc) is 3.55. The first kappa shape index (κ1) is 22.1. The van der Waals surface area contributed by atoms with E-state index >= 15 is 0 Å². The van der Waals surface area contributed by atoms with Crippen LogP contribution in [-0.4, -0.2) is 15.3 Å². The van der Waals surface area contributed by atoms with Crippen molar-refractivity contribution in [1.82, 2.24) is 9.55 Å². The second kappa shape index (κ2) is 9.70. The summed E-state index contributed by atoms with van der Waals surface area (Å²) in [6.07, 6.45) is 0.880. The minimum atomic E-state index is 0.176. The Labute approximate surface area is 211 Å². The Morgan fingerprint density at radius 3 is 2.25 bits per heavy atom. The lowest BCUT2D eigenvalue weighted by atomic mass is 9.98. The standard InChI is InChI=1S/C31H29N5/c1-2-35-29-16-10-9-15-27(29)33-31(35)32-22-23-17-19-26(20-18-23)36-30(25-13-7-4-8-14-25)21-28(34-36)24-11-5-3-6-12-24/h3-20,30H,2,21-22H2,1H3,(H,32,33)/t30-/m0/s1. The Kier molecular flexibility index (Phi) is 5.96. The maximum atomic E-state index is 5.08. The molecule has 5 aromatic rings. The summed E-state index contributed by atoms with van der Waals surface area (Å²) in [7, 11) is 0. The van der Waals surface area contributed by atoms with Crippen LogP contribution in [0, 0.1) is 0 Å². The average molecular weight is 472 g/mol. The highest BCUT2D eigenvalue weighted by Crippen LogP contribution is 2.36. The third-order valence-electron chi connectivity index (χ3n) is 6.82. The van der Waals surface area contributed by atoms with Crippen molar-refractivity contribution in [2.24, 2.45) is 5.10 Å². The monoisotopic (exact) mass is 471 g/mol. The van der Waals surface area contributed by atoms with Gasteiger partial charge in [-0.15, -0.1) is 0 Å². The zero-order valence-corrected chi connectivity index (χ0v) is 20.4. The number of fused-ring (bicyclic) bond motifs is 1. The SMILES string of the molecule is CCn1c(NCc2ccc(N3N=C(c4ccccc4)C[C@H]3c3ccccc3)cc2)nc2ccccc21. The van der Waals surface area contributed by atoms with Crippen LogP contribution in [0.25, 0.3) is 11.0 Å². The first-order valence-electron chi connectivity index (χ1n) is 12.6. The van der Waals surface area contributed by atoms with E-state index < -0.39 is 0 Å². The van der Waals surface area contributed by atoms with Gasteiger partial charge in [0.05, 0.1) is 28.5 Å². The van der Waals surface area contributed by atoms with Gasteiger partial charge in [-0.3, -0.25) is 5.01 Å². The van der Waals surface area contributed by atoms with Crippen LogP contribution in [0.1, 0.15) is 36.1 Å². The molecule has 0 amide bonds. The molecule has 5 heteroatoms. The molecular formula is C31H29N5. The number of para-hydroxylation sites is 2. The molecule has 1 N–H and O–H groups in total. The number of hydrogen-bond donors (Lipinski definition) is 1. The number of imidazole rings is 1. The predicted molar refractivity (Wildman–Crippen MR) is 148 cm³/mol. The first-order valence-corrected chi connectivity index (χ1v) is 12.6. The van der Waals surface area contributed by atoms with E-state index in [1.54, 1.807) is 0 Å². The van der Waals surface area contributed by atoms with Gasteiger partial charge in [-0.25, -0.2) is 4.98 Å². The Morgan fingerprint density at radius 2 is 1.50 bits per heavy atom. The largest absolute Gasteiger partial charge is 0.352 e. The van der Waals surface area contributed by atoms with E-state index in [2.05, 4.69) is 119 Å². The summed E-state index contributed by atoms with van der Waals surface area (Å²) >= 11 is 0. The van der Waals surface area contributed by atoms with Crippen LogP contribution < -0.4 is 10.3 Å². The molecule has 1 aromatic heterocycles. The van der Waals surface area contributed by atoms with Crippen LogP contribution in [0.4, 0.5) is 11.6 Å². The molecule has 1 aliphatic heterocycles. The van der Waals surface area contributed by atoms with Crippen molar-refractivity contribution in [2.75, 3.05) is 10.3 Å². The molecule has 0 saturated heterocycles. The van der Waals surface area contributed by atoms with Crippen LogP contribution in [0.5, 0.6) is 0 Å². The van der Waals surface area contributed by atoms with Crippen LogP contribution >= 0.6 is 0 Å². The van der Waals surface area contributed by atoms with Crippen LogP contribution in [0.15, 0.2) is 114 Å². The first-order chi connectivity index (χ1) is 17.8. The fraction of sp³-hybridized carbons (Fsp3) is 0.161. The van der Waals surface area contributed by atoms with Crippen molar-refractivity contribution in [3.63, 3.8) is 0 Å². The number of aryl methyl sites for hydroxylation is 1. The highest BCUT2D eigenvalue weighted by Gasteiger charge is 2.29. The smallest absolute Gasteiger partial charge is 0.204 e. The third-order valence-corrected chi connectivity index (χ3v) is 6.82. The molecule has 1 atom stereocenters. The molecule has 0 aliphatic carbocycles. The second-order valence-electron chi connectivity index (χ2n) is 9.08. The summed E-state index contributed by atoms with van der Waals surface area (Å²) in [6.45, 7) is 3.74. The molecular weight excluding hydrogens is 442 g/mol. The molecule has 6 rings (SSSR count). The third kappa shape index (κ3) is 4.24. The number of hydrogen-bond acceptors (Lipinski definition) is 4. The molecule has 36 heavy (non-hydrogen) atoms. The summed E-state index contributed by atoms with van der Waals surface area (Å²) in [5.74, 6) is 0.906. The summed E-state index contributed by atoms with van der Waals surface area (Å²) in [5.41, 5.74) is 8.05. The summed E-state index contributed by atoms with van der Waals surface area (Å²) < 4.78 is 2.22. The molecule has 0 saturated carbocycles. The van der Waals surface area contributed by atoms with E-state index in [4.69, 9.17) is 10.1 Å². The van der Waals surface area contributed by atoms with E-state index in [1.165, 1.54) is 16.7 Å². The minimum absolute atomic E-state index is 0.176. The van der Waals surface area contributed by atoms with Gasteiger partial charge in [-0.2, -0.15) is 5.10 Å². The number of nitrogens with one attached hydrogen (secondary N) is 1. The predicted octanol–water partition coefficient (Wildman–Crippen LogP) is 7.02. The van der Waals surface area contributed by atoms with Gasteiger partial charge >= 0.3 is 0 Å². The minimum Gasteiger partial charge on any atom is -0.352 e. The van der Waals surface area contributed by atoms with Crippen molar-refractivity contribution in [3.8, 4) is 0 Å². The van der Waals surface area contributed by atoms with Gasteiger partial charge in [0.2, 0.25) is 5.95 Å². The van der Waals surface area contributed by atoms with E-state index in [-0.39, 0.29) is 6.04 Å². The van der Waals surface area contributed by atoms with Gasteiger partial charge < -0.3 is 9.88 Å². The maximum Gasteiger partial charge on any atom is 0.204 e. The van der Waals surface area contributed by atoms with Gasteiger partial charge in [-0.05, 0) is 47.9 Å². The van der Waals surface area contributed by atoms with Crippen LogP contribution in [0.3, 0.4) is 0 Å². The molecule has 0 fully saturated rings. The Balaban J connectivity index is 1.24. The molecule has 178 valence electrons. The van der Waals surface area contributed by atoms with Crippen molar-refractivity contribution in [1.29, 1.82) is 0 Å². The number of nitrogens with zero attached hydrogens (tertiary/aromatic N) is 4. The quantitative estimate of drug-likeness (QED) is 0.277. The second-order valence-corrected chi connectivity index (χ2v) is 9.08. The van der Waals surface area contributed by atoms with Crippen molar-refractivity contribution in [3.05, 3.63) is 126 Å². The fourth-order valence-corrected chi connectivity index (χ4v) is 4.97. The van der Waals surface area contributed by atoms with E-state index in [0.29, 0.717) is 6.54 Å². The highest BCUT2D eigenvalue weighted by molar-refractivity contribution is 6.03. The van der Waals surface area contributed by atoms with Gasteiger partial charge in [0.1, 0.15) is 0 Å². The Morgan fingerprint density at radius 1 is 0.806 bits per heavy atom. The number of rotatable bonds is 7. The van der Waals surface area contributed by atoms with Crippen molar-refractivity contribution in [2.45, 2.75) is 32.5 Å². The summed E-state index contributed by atoms with van der Waals surface area (Å²) in [4.78, 5) is 4.79. The number of aromatic nitrogens is 2. The van der Waals surface area contributed by atoms with Gasteiger partial charge in [-0.1, -0.05) is 84.9 Å². The number of anilines is 2. The normalized spacial score (nSPS) is 15.3. The topological polar surface area (TPSA) is 45.5 Å². The summed E-state index contributed by atoms with van der Waals surface area (Å²) in [6, 6.07) is 38.3. The van der Waals surface area contributed by atoms with Crippen LogP contribution in [0.2, 0.25) is 0 Å². The Hall–Kier alpha value is -4.38.